The Hall–Kier alpha value is -1.87. The number of sulfonamides is 1. The molecule has 1 aliphatic heterocycles. The van der Waals surface area contributed by atoms with Crippen LogP contribution in [0, 0.1) is 0 Å². The zero-order chi connectivity index (χ0) is 17.5. The second-order valence-electron chi connectivity index (χ2n) is 6.23. The lowest BCUT2D eigenvalue weighted by Crippen LogP contribution is -2.51. The minimum Gasteiger partial charge on any atom is -0.475 e. The molecule has 2 aliphatic rings. The van der Waals surface area contributed by atoms with Gasteiger partial charge in [0, 0.05) is 19.6 Å². The van der Waals surface area contributed by atoms with Crippen molar-refractivity contribution >= 4 is 21.9 Å². The van der Waals surface area contributed by atoms with Gasteiger partial charge < -0.3 is 14.4 Å². The quantitative estimate of drug-likeness (QED) is 0.847. The van der Waals surface area contributed by atoms with Crippen molar-refractivity contribution in [2.75, 3.05) is 13.6 Å². The average Bonchev–Trinajstić information content (AvgIpc) is 3.14. The molecule has 24 heavy (non-hydrogen) atoms. The van der Waals surface area contributed by atoms with Gasteiger partial charge in [0.2, 0.25) is 16.8 Å². The van der Waals surface area contributed by atoms with Crippen LogP contribution in [-0.4, -0.2) is 60.3 Å². The van der Waals surface area contributed by atoms with E-state index in [0.717, 1.165) is 35.7 Å². The summed E-state index contributed by atoms with van der Waals surface area (Å²) in [5, 5.41) is 8.43. The number of aromatic carboxylic acids is 1. The fraction of sp³-hybridized carbons (Fsp3) is 0.600. The van der Waals surface area contributed by atoms with Crippen LogP contribution in [0.2, 0.25) is 0 Å². The van der Waals surface area contributed by atoms with Crippen molar-refractivity contribution in [1.82, 2.24) is 9.21 Å². The molecule has 1 saturated heterocycles. The molecule has 2 fully saturated rings. The van der Waals surface area contributed by atoms with Crippen molar-refractivity contribution in [3.05, 3.63) is 17.9 Å². The summed E-state index contributed by atoms with van der Waals surface area (Å²) in [6, 6.07) is 1.65. The minimum absolute atomic E-state index is 0.185. The molecule has 1 N–H and O–H groups in total. The molecule has 2 heterocycles. The van der Waals surface area contributed by atoms with E-state index in [4.69, 9.17) is 9.52 Å². The maximum absolute atomic E-state index is 12.7. The van der Waals surface area contributed by atoms with E-state index < -0.39 is 32.9 Å². The molecule has 8 nitrogen and oxygen atoms in total. The Balaban J connectivity index is 1.83. The number of furan rings is 1. The van der Waals surface area contributed by atoms with Gasteiger partial charge in [0.1, 0.15) is 6.04 Å². The van der Waals surface area contributed by atoms with Crippen molar-refractivity contribution < 1.29 is 27.5 Å². The van der Waals surface area contributed by atoms with E-state index in [1.165, 1.54) is 0 Å². The van der Waals surface area contributed by atoms with Gasteiger partial charge in [-0.1, -0.05) is 0 Å². The Bertz CT molecular complexity index is 752. The van der Waals surface area contributed by atoms with E-state index in [9.17, 15) is 18.0 Å². The number of rotatable bonds is 5. The van der Waals surface area contributed by atoms with E-state index in [1.807, 2.05) is 0 Å². The molecule has 9 heteroatoms. The molecule has 1 amide bonds. The van der Waals surface area contributed by atoms with Crippen LogP contribution in [0.1, 0.15) is 42.7 Å². The van der Waals surface area contributed by atoms with Gasteiger partial charge in [0.15, 0.2) is 0 Å². The fourth-order valence-electron chi connectivity index (χ4n) is 3.15. The molecule has 1 atom stereocenters. The van der Waals surface area contributed by atoms with Crippen molar-refractivity contribution in [3.63, 3.8) is 0 Å². The Kier molecular flexibility index (Phi) is 4.39. The van der Waals surface area contributed by atoms with E-state index in [0.29, 0.717) is 12.8 Å². The number of carboxylic acids is 1. The maximum Gasteiger partial charge on any atom is 0.371 e. The molecular formula is C15H20N2O6S. The first kappa shape index (κ1) is 17.0. The molecule has 0 aromatic carbocycles. The number of hydrogen-bond acceptors (Lipinski definition) is 5. The summed E-state index contributed by atoms with van der Waals surface area (Å²) in [4.78, 5) is 25.2. The summed E-state index contributed by atoms with van der Waals surface area (Å²) in [5.74, 6) is -1.98. The molecule has 1 aromatic rings. The predicted octanol–water partition coefficient (Wildman–Crippen LogP) is 1.14. The lowest BCUT2D eigenvalue weighted by atomic mass is 9.91. The SMILES string of the molecule is CN(C(=O)C1CCCN1S(=O)(=O)c1ccc(C(=O)O)o1)C1CCC1. The number of carbonyl (C=O) groups excluding carboxylic acids is 1. The first-order chi connectivity index (χ1) is 11.3. The first-order valence-electron chi connectivity index (χ1n) is 7.94. The molecule has 132 valence electrons. The molecule has 1 unspecified atom stereocenters. The topological polar surface area (TPSA) is 108 Å². The van der Waals surface area contributed by atoms with Crippen molar-refractivity contribution in [1.29, 1.82) is 0 Å². The highest BCUT2D eigenvalue weighted by molar-refractivity contribution is 7.89. The van der Waals surface area contributed by atoms with Crippen LogP contribution >= 0.6 is 0 Å². The fourth-order valence-corrected chi connectivity index (χ4v) is 4.72. The highest BCUT2D eigenvalue weighted by Gasteiger charge is 2.43. The first-order valence-corrected chi connectivity index (χ1v) is 9.38. The summed E-state index contributed by atoms with van der Waals surface area (Å²) in [7, 11) is -2.32. The summed E-state index contributed by atoms with van der Waals surface area (Å²) < 4.78 is 31.5. The standard InChI is InChI=1S/C15H20N2O6S/c1-16(10-4-2-5-10)14(18)11-6-3-9-17(11)24(21,22)13-8-7-12(23-13)15(19)20/h7-8,10-11H,2-6,9H2,1H3,(H,19,20). The largest absolute Gasteiger partial charge is 0.475 e. The second-order valence-corrected chi connectivity index (χ2v) is 8.05. The highest BCUT2D eigenvalue weighted by atomic mass is 32.2. The van der Waals surface area contributed by atoms with Crippen molar-refractivity contribution in [2.24, 2.45) is 0 Å². The van der Waals surface area contributed by atoms with Gasteiger partial charge in [-0.2, -0.15) is 4.31 Å². The lowest BCUT2D eigenvalue weighted by molar-refractivity contribution is -0.136. The van der Waals surface area contributed by atoms with Gasteiger partial charge in [-0.05, 0) is 44.2 Å². The predicted molar refractivity (Wildman–Crippen MR) is 83.0 cm³/mol. The van der Waals surface area contributed by atoms with Gasteiger partial charge in [0.25, 0.3) is 10.0 Å². The van der Waals surface area contributed by atoms with E-state index in [2.05, 4.69) is 0 Å². The van der Waals surface area contributed by atoms with Crippen molar-refractivity contribution in [3.8, 4) is 0 Å². The van der Waals surface area contributed by atoms with E-state index in [1.54, 1.807) is 11.9 Å². The van der Waals surface area contributed by atoms with Crippen LogP contribution in [0.4, 0.5) is 0 Å². The Labute approximate surface area is 140 Å². The molecule has 1 aliphatic carbocycles. The van der Waals surface area contributed by atoms with Gasteiger partial charge in [-0.25, -0.2) is 13.2 Å². The minimum atomic E-state index is -4.04. The highest BCUT2D eigenvalue weighted by Crippen LogP contribution is 2.30. The third kappa shape index (κ3) is 2.82. The molecule has 0 radical (unpaired) electrons. The molecule has 0 spiro atoms. The number of carboxylic acid groups (broad SMARTS) is 1. The number of likely N-dealkylation sites (N-methyl/N-ethyl adjacent to an activating group) is 1. The normalized spacial score (nSPS) is 22.3. The van der Waals surface area contributed by atoms with Gasteiger partial charge in [-0.3, -0.25) is 4.79 Å². The number of nitrogens with zero attached hydrogens (tertiary/aromatic N) is 2. The van der Waals surface area contributed by atoms with Crippen LogP contribution in [0.15, 0.2) is 21.6 Å². The Morgan fingerprint density at radius 2 is 1.96 bits per heavy atom. The van der Waals surface area contributed by atoms with Gasteiger partial charge in [-0.15, -0.1) is 0 Å². The summed E-state index contributed by atoms with van der Waals surface area (Å²) in [6.07, 6.45) is 4.02. The summed E-state index contributed by atoms with van der Waals surface area (Å²) in [6.45, 7) is 0.223. The van der Waals surface area contributed by atoms with E-state index >= 15 is 0 Å². The molecular weight excluding hydrogens is 336 g/mol. The third-order valence-corrected chi connectivity index (χ3v) is 6.60. The number of hydrogen-bond donors (Lipinski definition) is 1. The molecule has 3 rings (SSSR count). The number of carbonyl (C=O) groups is 2. The molecule has 1 saturated carbocycles. The Morgan fingerprint density at radius 3 is 2.50 bits per heavy atom. The zero-order valence-electron chi connectivity index (χ0n) is 13.3. The second kappa shape index (κ2) is 6.21. The third-order valence-electron chi connectivity index (χ3n) is 4.81. The summed E-state index contributed by atoms with van der Waals surface area (Å²) in [5.41, 5.74) is 0. The molecule has 0 bridgehead atoms. The van der Waals surface area contributed by atoms with Crippen LogP contribution < -0.4 is 0 Å². The van der Waals surface area contributed by atoms with Crippen LogP contribution in [-0.2, 0) is 14.8 Å². The maximum atomic E-state index is 12.7. The number of amides is 1. The van der Waals surface area contributed by atoms with Crippen molar-refractivity contribution in [2.45, 2.75) is 49.3 Å². The van der Waals surface area contributed by atoms with Gasteiger partial charge >= 0.3 is 5.97 Å². The monoisotopic (exact) mass is 356 g/mol. The smallest absolute Gasteiger partial charge is 0.371 e. The van der Waals surface area contributed by atoms with Gasteiger partial charge in [0.05, 0.1) is 0 Å². The van der Waals surface area contributed by atoms with Crippen LogP contribution in [0.3, 0.4) is 0 Å². The zero-order valence-corrected chi connectivity index (χ0v) is 14.2. The summed E-state index contributed by atoms with van der Waals surface area (Å²) >= 11 is 0. The van der Waals surface area contributed by atoms with E-state index in [-0.39, 0.29) is 18.5 Å². The van der Waals surface area contributed by atoms with Crippen LogP contribution in [0.25, 0.3) is 0 Å². The molecule has 1 aromatic heterocycles. The average molecular weight is 356 g/mol. The Morgan fingerprint density at radius 1 is 1.25 bits per heavy atom. The lowest BCUT2D eigenvalue weighted by Gasteiger charge is -2.37. The van der Waals surface area contributed by atoms with Crippen LogP contribution in [0.5, 0.6) is 0 Å².